The van der Waals surface area contributed by atoms with Gasteiger partial charge in [0.1, 0.15) is 5.41 Å². The van der Waals surface area contributed by atoms with E-state index in [2.05, 4.69) is 9.97 Å². The van der Waals surface area contributed by atoms with Crippen LogP contribution in [0.3, 0.4) is 0 Å². The first-order chi connectivity index (χ1) is 12.4. The van der Waals surface area contributed by atoms with E-state index in [1.165, 1.54) is 17.0 Å². The van der Waals surface area contributed by atoms with Crippen LogP contribution < -0.4 is 0 Å². The van der Waals surface area contributed by atoms with Crippen LogP contribution in [0.25, 0.3) is 0 Å². The molecule has 1 fully saturated rings. The summed E-state index contributed by atoms with van der Waals surface area (Å²) in [4.78, 5) is 21.7. The topological polar surface area (TPSA) is 49.0 Å². The van der Waals surface area contributed by atoms with E-state index in [4.69, 9.17) is 0 Å². The lowest BCUT2D eigenvalue weighted by Crippen LogP contribution is -2.46. The molecule has 2 atom stereocenters. The first-order valence-corrected chi connectivity index (χ1v) is 8.85. The number of carbonyl (C=O) groups excluding carboxylic acids is 1. The van der Waals surface area contributed by atoms with Crippen molar-refractivity contribution in [1.29, 1.82) is 0 Å². The minimum absolute atomic E-state index is 0.105. The van der Waals surface area contributed by atoms with Crippen LogP contribution in [0.4, 0.5) is 13.2 Å². The van der Waals surface area contributed by atoms with Gasteiger partial charge in [-0.3, -0.25) is 4.79 Å². The van der Waals surface area contributed by atoms with Gasteiger partial charge in [0.25, 0.3) is 0 Å². The molecule has 4 rings (SSSR count). The lowest BCUT2D eigenvalue weighted by Gasteiger charge is -2.33. The predicted octanol–water partition coefficient (Wildman–Crippen LogP) is 3.56. The van der Waals surface area contributed by atoms with E-state index in [9.17, 15) is 18.0 Å². The Bertz CT molecular complexity index is 802. The Balaban J connectivity index is 1.62. The molecular formula is C19H20F3N3O. The number of halogens is 3. The summed E-state index contributed by atoms with van der Waals surface area (Å²) < 4.78 is 42.0. The first kappa shape index (κ1) is 17.1. The number of rotatable bonds is 2. The van der Waals surface area contributed by atoms with Gasteiger partial charge in [-0.25, -0.2) is 4.98 Å². The summed E-state index contributed by atoms with van der Waals surface area (Å²) in [6.07, 6.45) is -0.653. The average Bonchev–Trinajstić information content (AvgIpc) is 3.29. The number of amides is 1. The third kappa shape index (κ3) is 2.61. The van der Waals surface area contributed by atoms with Crippen LogP contribution in [0.15, 0.2) is 36.7 Å². The van der Waals surface area contributed by atoms with E-state index in [0.717, 1.165) is 18.5 Å². The summed E-state index contributed by atoms with van der Waals surface area (Å²) in [5.74, 6) is -0.676. The Morgan fingerprint density at radius 3 is 2.77 bits per heavy atom. The summed E-state index contributed by atoms with van der Waals surface area (Å²) in [5.41, 5.74) is -0.135. The zero-order valence-electron chi connectivity index (χ0n) is 14.2. The number of hydrogen-bond donors (Lipinski definition) is 1. The molecule has 2 aromatic rings. The van der Waals surface area contributed by atoms with E-state index in [1.54, 1.807) is 24.5 Å². The fourth-order valence-electron chi connectivity index (χ4n) is 4.30. The Hall–Kier alpha value is -2.31. The van der Waals surface area contributed by atoms with Gasteiger partial charge in [0.05, 0.1) is 17.9 Å². The van der Waals surface area contributed by atoms with E-state index in [1.807, 2.05) is 0 Å². The third-order valence-electron chi connectivity index (χ3n) is 5.75. The number of alkyl halides is 3. The number of hydrogen-bond acceptors (Lipinski definition) is 2. The molecule has 1 aliphatic carbocycles. The van der Waals surface area contributed by atoms with Crippen molar-refractivity contribution in [3.8, 4) is 0 Å². The molecule has 0 bridgehead atoms. The number of likely N-dealkylation sites (tertiary alicyclic amines) is 1. The molecular weight excluding hydrogens is 343 g/mol. The standard InChI is InChI=1S/C19H20F3N3O/c20-19(21,22)18(13-5-2-1-3-6-13)9-10-25(11-18)17(26)14-7-4-8-15-16(14)24-12-23-15/h1-3,5-6,12,14H,4,7-11H2,(H,23,24). The molecule has 2 aliphatic rings. The molecule has 0 spiro atoms. The highest BCUT2D eigenvalue weighted by molar-refractivity contribution is 5.84. The molecule has 0 saturated carbocycles. The zero-order valence-corrected chi connectivity index (χ0v) is 14.2. The van der Waals surface area contributed by atoms with Gasteiger partial charge in [0.15, 0.2) is 0 Å². The van der Waals surface area contributed by atoms with E-state index in [0.29, 0.717) is 12.1 Å². The molecule has 26 heavy (non-hydrogen) atoms. The number of fused-ring (bicyclic) bond motifs is 1. The van der Waals surface area contributed by atoms with Gasteiger partial charge in [0, 0.05) is 18.8 Å². The maximum absolute atomic E-state index is 14.0. The second-order valence-electron chi connectivity index (χ2n) is 7.17. The monoisotopic (exact) mass is 363 g/mol. The minimum atomic E-state index is -4.41. The number of nitrogens with zero attached hydrogens (tertiary/aromatic N) is 2. The van der Waals surface area contributed by atoms with Gasteiger partial charge in [0.2, 0.25) is 5.91 Å². The van der Waals surface area contributed by atoms with Crippen molar-refractivity contribution in [2.75, 3.05) is 13.1 Å². The quantitative estimate of drug-likeness (QED) is 0.887. The SMILES string of the molecule is O=C(C1CCCc2[nH]cnc21)N1CCC(c2ccccc2)(C(F)(F)F)C1. The number of nitrogens with one attached hydrogen (secondary N) is 1. The molecule has 2 unspecified atom stereocenters. The number of imidazole rings is 1. The van der Waals surface area contributed by atoms with Gasteiger partial charge in [-0.2, -0.15) is 13.2 Å². The molecule has 1 amide bonds. The highest BCUT2D eigenvalue weighted by Gasteiger charge is 2.60. The molecule has 2 heterocycles. The second kappa shape index (κ2) is 6.14. The molecule has 0 radical (unpaired) electrons. The highest BCUT2D eigenvalue weighted by atomic mass is 19.4. The van der Waals surface area contributed by atoms with Crippen molar-refractivity contribution < 1.29 is 18.0 Å². The van der Waals surface area contributed by atoms with Crippen molar-refractivity contribution in [2.24, 2.45) is 0 Å². The maximum atomic E-state index is 14.0. The van der Waals surface area contributed by atoms with Crippen LogP contribution in [-0.2, 0) is 16.6 Å². The van der Waals surface area contributed by atoms with Gasteiger partial charge in [-0.1, -0.05) is 30.3 Å². The molecule has 138 valence electrons. The van der Waals surface area contributed by atoms with E-state index >= 15 is 0 Å². The zero-order chi connectivity index (χ0) is 18.4. The van der Waals surface area contributed by atoms with Crippen LogP contribution in [0.5, 0.6) is 0 Å². The lowest BCUT2D eigenvalue weighted by atomic mass is 9.79. The number of benzene rings is 1. The Labute approximate surface area is 149 Å². The molecule has 1 aromatic carbocycles. The number of carbonyl (C=O) groups is 1. The van der Waals surface area contributed by atoms with Crippen molar-refractivity contribution in [3.05, 3.63) is 53.6 Å². The Kier molecular flexibility index (Phi) is 4.04. The molecule has 1 N–H and O–H groups in total. The average molecular weight is 363 g/mol. The van der Waals surface area contributed by atoms with E-state index < -0.39 is 17.5 Å². The summed E-state index contributed by atoms with van der Waals surface area (Å²) in [5, 5.41) is 0. The van der Waals surface area contributed by atoms with Crippen LogP contribution in [0, 0.1) is 0 Å². The van der Waals surface area contributed by atoms with Crippen molar-refractivity contribution in [1.82, 2.24) is 14.9 Å². The van der Waals surface area contributed by atoms with Crippen LogP contribution in [0.2, 0.25) is 0 Å². The maximum Gasteiger partial charge on any atom is 0.400 e. The molecule has 1 saturated heterocycles. The van der Waals surface area contributed by atoms with Gasteiger partial charge >= 0.3 is 6.18 Å². The number of aromatic nitrogens is 2. The Morgan fingerprint density at radius 2 is 2.04 bits per heavy atom. The third-order valence-corrected chi connectivity index (χ3v) is 5.75. The molecule has 1 aliphatic heterocycles. The van der Waals surface area contributed by atoms with Crippen LogP contribution in [-0.4, -0.2) is 40.0 Å². The van der Waals surface area contributed by atoms with Gasteiger partial charge < -0.3 is 9.88 Å². The minimum Gasteiger partial charge on any atom is -0.348 e. The van der Waals surface area contributed by atoms with Crippen molar-refractivity contribution in [3.63, 3.8) is 0 Å². The van der Waals surface area contributed by atoms with Crippen LogP contribution in [0.1, 0.15) is 42.1 Å². The summed E-state index contributed by atoms with van der Waals surface area (Å²) in [7, 11) is 0. The van der Waals surface area contributed by atoms with Crippen molar-refractivity contribution >= 4 is 5.91 Å². The van der Waals surface area contributed by atoms with Crippen molar-refractivity contribution in [2.45, 2.75) is 43.2 Å². The molecule has 4 nitrogen and oxygen atoms in total. The van der Waals surface area contributed by atoms with E-state index in [-0.39, 0.29) is 31.0 Å². The second-order valence-corrected chi connectivity index (χ2v) is 7.17. The summed E-state index contributed by atoms with van der Waals surface area (Å²) in [6, 6.07) is 7.95. The fourth-order valence-corrected chi connectivity index (χ4v) is 4.30. The highest BCUT2D eigenvalue weighted by Crippen LogP contribution is 2.48. The predicted molar refractivity (Wildman–Crippen MR) is 89.6 cm³/mol. The van der Waals surface area contributed by atoms with Gasteiger partial charge in [-0.05, 0) is 31.2 Å². The fraction of sp³-hybridized carbons (Fsp3) is 0.474. The molecule has 1 aromatic heterocycles. The molecule has 7 heteroatoms. The normalized spacial score (nSPS) is 26.0. The Morgan fingerprint density at radius 1 is 1.27 bits per heavy atom. The number of H-pyrrole nitrogens is 1. The lowest BCUT2D eigenvalue weighted by molar-refractivity contribution is -0.187. The number of aromatic amines is 1. The summed E-state index contributed by atoms with van der Waals surface area (Å²) >= 11 is 0. The van der Waals surface area contributed by atoms with Crippen LogP contribution >= 0.6 is 0 Å². The summed E-state index contributed by atoms with van der Waals surface area (Å²) in [6.45, 7) is -0.209. The first-order valence-electron chi connectivity index (χ1n) is 8.85. The van der Waals surface area contributed by atoms with Gasteiger partial charge in [-0.15, -0.1) is 0 Å². The largest absolute Gasteiger partial charge is 0.400 e. The number of aryl methyl sites for hydroxylation is 1. The smallest absolute Gasteiger partial charge is 0.348 e.